The molecule has 1 aliphatic heterocycles. The minimum absolute atomic E-state index is 0.127. The Bertz CT molecular complexity index is 621. The van der Waals surface area contributed by atoms with Crippen LogP contribution >= 0.6 is 0 Å². The molecule has 1 aliphatic rings. The lowest BCUT2D eigenvalue weighted by Gasteiger charge is -2.35. The van der Waals surface area contributed by atoms with Gasteiger partial charge < -0.3 is 10.0 Å². The molecule has 0 radical (unpaired) electrons. The van der Waals surface area contributed by atoms with Crippen molar-refractivity contribution in [3.05, 3.63) is 30.0 Å². The maximum Gasteiger partial charge on any atom is 0.228 e. The van der Waals surface area contributed by atoms with Crippen molar-refractivity contribution < 1.29 is 9.90 Å². The van der Waals surface area contributed by atoms with Crippen molar-refractivity contribution in [2.24, 2.45) is 0 Å². The fourth-order valence-corrected chi connectivity index (χ4v) is 3.18. The Morgan fingerprint density at radius 1 is 1.38 bits per heavy atom. The molecule has 1 aromatic heterocycles. The van der Waals surface area contributed by atoms with E-state index in [2.05, 4.69) is 10.2 Å². The van der Waals surface area contributed by atoms with Gasteiger partial charge in [0.1, 0.15) is 0 Å². The number of aromatic nitrogens is 2. The van der Waals surface area contributed by atoms with Crippen LogP contribution in [0.3, 0.4) is 0 Å². The topological polar surface area (TPSA) is 69.2 Å². The molecule has 0 bridgehead atoms. The van der Waals surface area contributed by atoms with Crippen LogP contribution in [0, 0.1) is 0 Å². The van der Waals surface area contributed by atoms with E-state index in [0.717, 1.165) is 42.4 Å². The molecule has 0 spiro atoms. The molecule has 1 saturated heterocycles. The lowest BCUT2D eigenvalue weighted by atomic mass is 9.99. The van der Waals surface area contributed by atoms with Crippen LogP contribution in [0.5, 0.6) is 0 Å². The minimum atomic E-state index is 0.127. The van der Waals surface area contributed by atoms with Crippen molar-refractivity contribution in [3.8, 4) is 0 Å². The van der Waals surface area contributed by atoms with Crippen LogP contribution in [0.1, 0.15) is 31.4 Å². The number of rotatable bonds is 4. The smallest absolute Gasteiger partial charge is 0.228 e. The van der Waals surface area contributed by atoms with Crippen molar-refractivity contribution in [2.75, 3.05) is 13.2 Å². The molecule has 112 valence electrons. The van der Waals surface area contributed by atoms with Gasteiger partial charge in [-0.2, -0.15) is 5.10 Å². The molecule has 3 rings (SSSR count). The summed E-state index contributed by atoms with van der Waals surface area (Å²) >= 11 is 0. The highest BCUT2D eigenvalue weighted by Gasteiger charge is 2.26. The quantitative estimate of drug-likeness (QED) is 0.902. The van der Waals surface area contributed by atoms with Crippen molar-refractivity contribution in [2.45, 2.75) is 38.1 Å². The highest BCUT2D eigenvalue weighted by atomic mass is 16.3. The summed E-state index contributed by atoms with van der Waals surface area (Å²) < 4.78 is 0. The molecule has 1 aromatic carbocycles. The van der Waals surface area contributed by atoms with Crippen LogP contribution in [0.4, 0.5) is 0 Å². The standard InChI is InChI=1S/C16H21N3O2/c20-10-8-12-5-3-4-9-19(12)16(21)11-15-13-6-1-2-7-14(13)17-18-15/h1-2,6-7,12,20H,3-5,8-11H2,(H,17,18). The van der Waals surface area contributed by atoms with E-state index in [-0.39, 0.29) is 18.6 Å². The molecule has 1 fully saturated rings. The summed E-state index contributed by atoms with van der Waals surface area (Å²) in [6, 6.07) is 8.02. The van der Waals surface area contributed by atoms with E-state index in [1.807, 2.05) is 29.2 Å². The van der Waals surface area contributed by atoms with Crippen LogP contribution < -0.4 is 0 Å². The number of carbonyl (C=O) groups excluding carboxylic acids is 1. The third kappa shape index (κ3) is 2.93. The van der Waals surface area contributed by atoms with Crippen LogP contribution in [0.15, 0.2) is 24.3 Å². The highest BCUT2D eigenvalue weighted by molar-refractivity contribution is 5.87. The van der Waals surface area contributed by atoms with Crippen LogP contribution in [0.2, 0.25) is 0 Å². The third-order valence-electron chi connectivity index (χ3n) is 4.28. The van der Waals surface area contributed by atoms with Gasteiger partial charge in [0.2, 0.25) is 5.91 Å². The Hall–Kier alpha value is -1.88. The Morgan fingerprint density at radius 2 is 2.24 bits per heavy atom. The first-order chi connectivity index (χ1) is 10.3. The second-order valence-corrected chi connectivity index (χ2v) is 5.65. The van der Waals surface area contributed by atoms with Crippen LogP contribution in [-0.2, 0) is 11.2 Å². The first-order valence-electron chi connectivity index (χ1n) is 7.62. The molecule has 1 atom stereocenters. The summed E-state index contributed by atoms with van der Waals surface area (Å²) in [4.78, 5) is 14.5. The molecule has 2 aromatic rings. The lowest BCUT2D eigenvalue weighted by Crippen LogP contribution is -2.44. The van der Waals surface area contributed by atoms with E-state index in [4.69, 9.17) is 5.11 Å². The molecule has 5 nitrogen and oxygen atoms in total. The van der Waals surface area contributed by atoms with E-state index >= 15 is 0 Å². The lowest BCUT2D eigenvalue weighted by molar-refractivity contribution is -0.134. The van der Waals surface area contributed by atoms with Crippen LogP contribution in [-0.4, -0.2) is 45.3 Å². The van der Waals surface area contributed by atoms with Gasteiger partial charge in [-0.25, -0.2) is 0 Å². The maximum atomic E-state index is 12.6. The zero-order valence-electron chi connectivity index (χ0n) is 12.1. The number of para-hydroxylation sites is 1. The van der Waals surface area contributed by atoms with E-state index in [0.29, 0.717) is 12.8 Å². The van der Waals surface area contributed by atoms with Gasteiger partial charge in [-0.1, -0.05) is 18.2 Å². The van der Waals surface area contributed by atoms with Gasteiger partial charge in [0.15, 0.2) is 0 Å². The van der Waals surface area contributed by atoms with Crippen molar-refractivity contribution >= 4 is 16.8 Å². The predicted octanol–water partition coefficient (Wildman–Crippen LogP) is 1.87. The predicted molar refractivity (Wildman–Crippen MR) is 80.9 cm³/mol. The summed E-state index contributed by atoms with van der Waals surface area (Å²) in [5, 5.41) is 17.4. The first-order valence-corrected chi connectivity index (χ1v) is 7.62. The molecule has 5 heteroatoms. The number of amides is 1. The van der Waals surface area contributed by atoms with Crippen molar-refractivity contribution in [1.82, 2.24) is 15.1 Å². The average Bonchev–Trinajstić information content (AvgIpc) is 2.91. The molecular weight excluding hydrogens is 266 g/mol. The molecule has 2 heterocycles. The van der Waals surface area contributed by atoms with E-state index in [1.54, 1.807) is 0 Å². The molecule has 21 heavy (non-hydrogen) atoms. The minimum Gasteiger partial charge on any atom is -0.396 e. The largest absolute Gasteiger partial charge is 0.396 e. The third-order valence-corrected chi connectivity index (χ3v) is 4.28. The number of hydrogen-bond acceptors (Lipinski definition) is 3. The number of aliphatic hydroxyl groups excluding tert-OH is 1. The number of nitrogens with zero attached hydrogens (tertiary/aromatic N) is 2. The number of aliphatic hydroxyl groups is 1. The fourth-order valence-electron chi connectivity index (χ4n) is 3.18. The number of fused-ring (bicyclic) bond motifs is 1. The molecule has 0 saturated carbocycles. The van der Waals surface area contributed by atoms with E-state index in [1.165, 1.54) is 0 Å². The number of aromatic amines is 1. The Balaban J connectivity index is 1.75. The highest BCUT2D eigenvalue weighted by Crippen LogP contribution is 2.22. The summed E-state index contributed by atoms with van der Waals surface area (Å²) in [6.07, 6.45) is 4.22. The number of carbonyl (C=O) groups is 1. The van der Waals surface area contributed by atoms with Gasteiger partial charge in [0.25, 0.3) is 0 Å². The maximum absolute atomic E-state index is 12.6. The zero-order valence-corrected chi connectivity index (χ0v) is 12.1. The Labute approximate surface area is 124 Å². The van der Waals surface area contributed by atoms with Crippen LogP contribution in [0.25, 0.3) is 10.9 Å². The van der Waals surface area contributed by atoms with Crippen molar-refractivity contribution in [3.63, 3.8) is 0 Å². The summed E-state index contributed by atoms with van der Waals surface area (Å²) in [6.45, 7) is 0.941. The summed E-state index contributed by atoms with van der Waals surface area (Å²) in [5.74, 6) is 0.127. The second kappa shape index (κ2) is 6.26. The summed E-state index contributed by atoms with van der Waals surface area (Å²) in [5.41, 5.74) is 1.77. The molecule has 1 unspecified atom stereocenters. The average molecular weight is 287 g/mol. The second-order valence-electron chi connectivity index (χ2n) is 5.65. The van der Waals surface area contributed by atoms with Gasteiger partial charge in [0, 0.05) is 24.6 Å². The SMILES string of the molecule is O=C(Cc1[nH]nc2ccccc12)N1CCCCC1CCO. The van der Waals surface area contributed by atoms with Gasteiger partial charge in [-0.05, 0) is 31.7 Å². The number of benzene rings is 1. The van der Waals surface area contributed by atoms with Crippen molar-refractivity contribution in [1.29, 1.82) is 0 Å². The molecule has 0 aliphatic carbocycles. The molecule has 1 amide bonds. The molecule has 2 N–H and O–H groups in total. The normalized spacial score (nSPS) is 19.1. The Morgan fingerprint density at radius 3 is 3.10 bits per heavy atom. The number of likely N-dealkylation sites (tertiary alicyclic amines) is 1. The molecular formula is C16H21N3O2. The number of H-pyrrole nitrogens is 1. The first kappa shape index (κ1) is 14.1. The van der Waals surface area contributed by atoms with Gasteiger partial charge in [-0.15, -0.1) is 0 Å². The fraction of sp³-hybridized carbons (Fsp3) is 0.500. The Kier molecular flexibility index (Phi) is 4.20. The van der Waals surface area contributed by atoms with Gasteiger partial charge in [0.05, 0.1) is 17.6 Å². The van der Waals surface area contributed by atoms with Gasteiger partial charge in [-0.3, -0.25) is 9.89 Å². The number of hydrogen-bond donors (Lipinski definition) is 2. The van der Waals surface area contributed by atoms with E-state index < -0.39 is 0 Å². The van der Waals surface area contributed by atoms with Gasteiger partial charge >= 0.3 is 0 Å². The number of piperidine rings is 1. The zero-order chi connectivity index (χ0) is 14.7. The number of nitrogens with one attached hydrogen (secondary N) is 1. The van der Waals surface area contributed by atoms with E-state index in [9.17, 15) is 4.79 Å². The monoisotopic (exact) mass is 287 g/mol. The summed E-state index contributed by atoms with van der Waals surface area (Å²) in [7, 11) is 0.